The van der Waals surface area contributed by atoms with Crippen molar-refractivity contribution in [1.82, 2.24) is 19.5 Å². The molecule has 158 valence electrons. The molecule has 0 aliphatic carbocycles. The molecule has 8 heteroatoms. The molecule has 3 aromatic heterocycles. The summed E-state index contributed by atoms with van der Waals surface area (Å²) in [7, 11) is 1.76. The molecule has 8 nitrogen and oxygen atoms in total. The molecule has 0 unspecified atom stereocenters. The lowest BCUT2D eigenvalue weighted by Gasteiger charge is -2.23. The zero-order chi connectivity index (χ0) is 21.4. The van der Waals surface area contributed by atoms with Crippen LogP contribution in [0.2, 0.25) is 0 Å². The molecule has 0 aromatic carbocycles. The summed E-state index contributed by atoms with van der Waals surface area (Å²) in [6.07, 6.45) is 3.78. The number of carbonyl (C=O) groups excluding carboxylic acids is 1. The highest BCUT2D eigenvalue weighted by molar-refractivity contribution is 6.06. The lowest BCUT2D eigenvalue weighted by Crippen LogP contribution is -2.26. The van der Waals surface area contributed by atoms with Crippen LogP contribution in [0.4, 0.5) is 0 Å². The van der Waals surface area contributed by atoms with Crippen molar-refractivity contribution in [2.75, 3.05) is 20.3 Å². The molecule has 0 bridgehead atoms. The van der Waals surface area contributed by atoms with E-state index < -0.39 is 0 Å². The van der Waals surface area contributed by atoms with Crippen molar-refractivity contribution in [3.63, 3.8) is 0 Å². The van der Waals surface area contributed by atoms with E-state index in [1.165, 1.54) is 11.9 Å². The van der Waals surface area contributed by atoms with Gasteiger partial charge in [0.15, 0.2) is 5.78 Å². The van der Waals surface area contributed by atoms with Gasteiger partial charge in [0, 0.05) is 56.6 Å². The maximum atomic E-state index is 12.0. The molecule has 0 spiro atoms. The molecule has 0 radical (unpaired) electrons. The number of hydrazine groups is 1. The number of ketones is 1. The van der Waals surface area contributed by atoms with Gasteiger partial charge in [0.25, 0.3) is 0 Å². The fraction of sp³-hybridized carbons (Fsp3) is 0.409. The number of hydrogen-bond donors (Lipinski definition) is 2. The highest BCUT2D eigenvalue weighted by atomic mass is 16.5. The lowest BCUT2D eigenvalue weighted by molar-refractivity contribution is 0.0619. The molecule has 4 rings (SSSR count). The summed E-state index contributed by atoms with van der Waals surface area (Å²) in [5, 5.41) is 2.44. The number of aromatic nitrogens is 3. The van der Waals surface area contributed by atoms with Crippen LogP contribution < -0.4 is 11.6 Å². The average molecular weight is 409 g/mol. The zero-order valence-corrected chi connectivity index (χ0v) is 17.7. The van der Waals surface area contributed by atoms with Crippen molar-refractivity contribution in [2.45, 2.75) is 33.2 Å². The van der Waals surface area contributed by atoms with Crippen LogP contribution in [0.1, 0.15) is 42.7 Å². The predicted octanol–water partition coefficient (Wildman–Crippen LogP) is 2.67. The van der Waals surface area contributed by atoms with Gasteiger partial charge < -0.3 is 20.0 Å². The number of Topliss-reactive ketones (excluding diaryl/α,β-unsaturated/α-hetero) is 1. The average Bonchev–Trinajstić information content (AvgIpc) is 3.01. The van der Waals surface area contributed by atoms with Gasteiger partial charge >= 0.3 is 0 Å². The molecule has 4 heterocycles. The van der Waals surface area contributed by atoms with Crippen LogP contribution in [0.3, 0.4) is 0 Å². The maximum Gasteiger partial charge on any atom is 0.178 e. The summed E-state index contributed by atoms with van der Waals surface area (Å²) < 4.78 is 7.71. The number of nitrogens with two attached hydrogens (primary N) is 2. The van der Waals surface area contributed by atoms with Crippen LogP contribution in [-0.4, -0.2) is 45.6 Å². The lowest BCUT2D eigenvalue weighted by atomic mass is 10.0. The Morgan fingerprint density at radius 3 is 2.67 bits per heavy atom. The maximum absolute atomic E-state index is 12.0. The number of ether oxygens (including phenoxy) is 1. The summed E-state index contributed by atoms with van der Waals surface area (Å²) in [5.41, 5.74) is 11.3. The molecule has 0 saturated carbocycles. The van der Waals surface area contributed by atoms with E-state index in [4.69, 9.17) is 26.3 Å². The number of rotatable bonds is 5. The standard InChI is InChI=1S/C22H28N6O2/c1-13(23)21(27(3)24)16-10-19-20(25-11-16)17-4-5-18(14(2)29)26-22(17)28(19)12-15-6-8-30-9-7-15/h4-5,10-11,15H,6-9,12,23-24H2,1-3H3/b21-13-. The predicted molar refractivity (Wildman–Crippen MR) is 117 cm³/mol. The van der Waals surface area contributed by atoms with Gasteiger partial charge in [-0.1, -0.05) is 0 Å². The molecule has 1 aliphatic heterocycles. The summed E-state index contributed by atoms with van der Waals surface area (Å²) in [6.45, 7) is 5.70. The van der Waals surface area contributed by atoms with Crippen LogP contribution >= 0.6 is 0 Å². The monoisotopic (exact) mass is 408 g/mol. The van der Waals surface area contributed by atoms with Gasteiger partial charge in [-0.25, -0.2) is 10.8 Å². The first kappa shape index (κ1) is 20.3. The molecule has 0 atom stereocenters. The van der Waals surface area contributed by atoms with Crippen molar-refractivity contribution in [3.05, 3.63) is 41.4 Å². The van der Waals surface area contributed by atoms with Gasteiger partial charge in [-0.3, -0.25) is 9.78 Å². The Bertz CT molecular complexity index is 1140. The summed E-state index contributed by atoms with van der Waals surface area (Å²) in [6, 6.07) is 5.77. The van der Waals surface area contributed by atoms with E-state index >= 15 is 0 Å². The van der Waals surface area contributed by atoms with Crippen molar-refractivity contribution in [1.29, 1.82) is 0 Å². The first-order chi connectivity index (χ1) is 14.4. The molecular formula is C22H28N6O2. The van der Waals surface area contributed by atoms with Crippen LogP contribution in [-0.2, 0) is 11.3 Å². The van der Waals surface area contributed by atoms with E-state index in [0.717, 1.165) is 65.9 Å². The zero-order valence-electron chi connectivity index (χ0n) is 17.7. The second kappa shape index (κ2) is 8.04. The largest absolute Gasteiger partial charge is 0.401 e. The molecular weight excluding hydrogens is 380 g/mol. The Hall–Kier alpha value is -2.97. The highest BCUT2D eigenvalue weighted by Gasteiger charge is 2.21. The van der Waals surface area contributed by atoms with E-state index in [1.54, 1.807) is 19.3 Å². The molecule has 1 saturated heterocycles. The smallest absolute Gasteiger partial charge is 0.178 e. The Labute approximate surface area is 175 Å². The van der Waals surface area contributed by atoms with Crippen molar-refractivity contribution >= 4 is 33.5 Å². The van der Waals surface area contributed by atoms with Crippen LogP contribution in [0.25, 0.3) is 27.8 Å². The van der Waals surface area contributed by atoms with E-state index in [2.05, 4.69) is 10.6 Å². The number of hydrogen-bond acceptors (Lipinski definition) is 7. The minimum Gasteiger partial charge on any atom is -0.401 e. The Morgan fingerprint density at radius 2 is 2.03 bits per heavy atom. The topological polar surface area (TPSA) is 112 Å². The number of pyridine rings is 2. The SMILES string of the molecule is CC(=O)c1ccc2c3ncc(/C(=C(\C)N)N(C)N)cc3n(CC3CCOCC3)c2n1. The number of fused-ring (bicyclic) bond motifs is 3. The second-order valence-electron chi connectivity index (χ2n) is 8.02. The number of nitrogens with zero attached hydrogens (tertiary/aromatic N) is 4. The van der Waals surface area contributed by atoms with Crippen molar-refractivity contribution < 1.29 is 9.53 Å². The van der Waals surface area contributed by atoms with Gasteiger partial charge in [0.05, 0.1) is 16.7 Å². The van der Waals surface area contributed by atoms with Gasteiger partial charge in [0.2, 0.25) is 0 Å². The molecule has 1 fully saturated rings. The van der Waals surface area contributed by atoms with Gasteiger partial charge in [0.1, 0.15) is 11.3 Å². The second-order valence-corrected chi connectivity index (χ2v) is 8.02. The third kappa shape index (κ3) is 3.64. The number of allylic oxidation sites excluding steroid dienone is 1. The fourth-order valence-electron chi connectivity index (χ4n) is 4.23. The summed E-state index contributed by atoms with van der Waals surface area (Å²) in [5.74, 6) is 6.45. The van der Waals surface area contributed by atoms with E-state index in [9.17, 15) is 4.79 Å². The van der Waals surface area contributed by atoms with E-state index in [-0.39, 0.29) is 5.78 Å². The minimum absolute atomic E-state index is 0.0536. The highest BCUT2D eigenvalue weighted by Crippen LogP contribution is 2.31. The molecule has 4 N–H and O–H groups in total. The summed E-state index contributed by atoms with van der Waals surface area (Å²) >= 11 is 0. The molecule has 1 aliphatic rings. The summed E-state index contributed by atoms with van der Waals surface area (Å²) in [4.78, 5) is 21.4. The Kier molecular flexibility index (Phi) is 5.44. The van der Waals surface area contributed by atoms with Crippen LogP contribution in [0.15, 0.2) is 30.1 Å². The third-order valence-corrected chi connectivity index (χ3v) is 5.69. The van der Waals surface area contributed by atoms with E-state index in [1.807, 2.05) is 13.0 Å². The normalized spacial score (nSPS) is 16.1. The number of carbonyl (C=O) groups is 1. The minimum atomic E-state index is -0.0536. The van der Waals surface area contributed by atoms with Crippen LogP contribution in [0.5, 0.6) is 0 Å². The Morgan fingerprint density at radius 1 is 1.30 bits per heavy atom. The third-order valence-electron chi connectivity index (χ3n) is 5.69. The fourth-order valence-corrected chi connectivity index (χ4v) is 4.23. The van der Waals surface area contributed by atoms with E-state index in [0.29, 0.717) is 17.3 Å². The van der Waals surface area contributed by atoms with Gasteiger partial charge in [-0.05, 0) is 43.9 Å². The molecule has 3 aromatic rings. The van der Waals surface area contributed by atoms with Crippen molar-refractivity contribution in [2.24, 2.45) is 17.5 Å². The molecule has 30 heavy (non-hydrogen) atoms. The Balaban J connectivity index is 1.95. The van der Waals surface area contributed by atoms with Gasteiger partial charge in [-0.15, -0.1) is 0 Å². The van der Waals surface area contributed by atoms with Crippen molar-refractivity contribution in [3.8, 4) is 0 Å². The first-order valence-corrected chi connectivity index (χ1v) is 10.2. The first-order valence-electron chi connectivity index (χ1n) is 10.2. The molecule has 0 amide bonds. The van der Waals surface area contributed by atoms with Crippen LogP contribution in [0, 0.1) is 5.92 Å². The van der Waals surface area contributed by atoms with Gasteiger partial charge in [-0.2, -0.15) is 0 Å². The quantitative estimate of drug-likeness (QED) is 0.379.